The number of rotatable bonds is 3. The van der Waals surface area contributed by atoms with Crippen LogP contribution < -0.4 is 24.8 Å². The summed E-state index contributed by atoms with van der Waals surface area (Å²) >= 11 is 0. The monoisotopic (exact) mass is 577 g/mol. The first kappa shape index (κ1) is 28.5. The van der Waals surface area contributed by atoms with E-state index in [1.807, 2.05) is 0 Å². The molecular weight excluding hydrogens is 540 g/mol. The molecule has 0 atom stereocenters. The first-order valence-electron chi connectivity index (χ1n) is 14.4. The Morgan fingerprint density at radius 2 is 1.58 bits per heavy atom. The number of fused-ring (bicyclic) bond motifs is 4. The normalized spacial score (nSPS) is 17.5. The average Bonchev–Trinajstić information content (AvgIpc) is 2.95. The lowest BCUT2D eigenvalue weighted by molar-refractivity contribution is 0.0600. The third-order valence-electron chi connectivity index (χ3n) is 9.34. The minimum atomic E-state index is -1.13. The van der Waals surface area contributed by atoms with E-state index in [1.165, 1.54) is 13.2 Å². The molecule has 3 heterocycles. The molecule has 0 unspecified atom stereocenters. The summed E-state index contributed by atoms with van der Waals surface area (Å²) in [7, 11) is 5.43. The molecule has 0 aliphatic carbocycles. The van der Waals surface area contributed by atoms with Crippen LogP contribution in [0.3, 0.4) is 0 Å². The summed E-state index contributed by atoms with van der Waals surface area (Å²) in [6, 6.07) is 13.1. The highest BCUT2D eigenvalue weighted by Gasteiger charge is 2.35. The number of methoxy groups -OCH3 is 1. The van der Waals surface area contributed by atoms with Gasteiger partial charge in [-0.25, -0.2) is 14.2 Å². The van der Waals surface area contributed by atoms with E-state index in [9.17, 15) is 14.7 Å². The molecule has 7 heteroatoms. The topological polar surface area (TPSA) is 79.1 Å². The number of hydrogen-bond donors (Lipinski definition) is 1. The van der Waals surface area contributed by atoms with Crippen molar-refractivity contribution >= 4 is 34.3 Å². The maximum atomic E-state index is 12.7. The van der Waals surface area contributed by atoms with E-state index in [2.05, 4.69) is 102 Å². The Morgan fingerprint density at radius 3 is 2.26 bits per heavy atom. The Labute approximate surface area is 251 Å². The molecule has 0 saturated carbocycles. The van der Waals surface area contributed by atoms with E-state index in [1.54, 1.807) is 12.1 Å². The summed E-state index contributed by atoms with van der Waals surface area (Å²) in [5.74, 6) is -0.421. The summed E-state index contributed by atoms with van der Waals surface area (Å²) < 4.78 is 13.8. The third kappa shape index (κ3) is 4.29. The van der Waals surface area contributed by atoms with E-state index in [4.69, 9.17) is 9.47 Å². The van der Waals surface area contributed by atoms with Gasteiger partial charge in [0.05, 0.1) is 29.8 Å². The Kier molecular flexibility index (Phi) is 6.24. The molecule has 0 aromatic heterocycles. The van der Waals surface area contributed by atoms with Crippen LogP contribution in [0.2, 0.25) is 0 Å². The Hall–Kier alpha value is -4.65. The molecule has 0 bridgehead atoms. The van der Waals surface area contributed by atoms with Crippen molar-refractivity contribution in [3.8, 4) is 11.5 Å². The predicted octanol–water partition coefficient (Wildman–Crippen LogP) is 5.47. The predicted molar refractivity (Wildman–Crippen MR) is 170 cm³/mol. The Morgan fingerprint density at radius 1 is 0.884 bits per heavy atom. The molecule has 6 rings (SSSR count). The highest BCUT2D eigenvalue weighted by Crippen LogP contribution is 2.46. The highest BCUT2D eigenvalue weighted by molar-refractivity contribution is 6.02. The Bertz CT molecular complexity index is 1980. The lowest BCUT2D eigenvalue weighted by atomic mass is 9.83. The van der Waals surface area contributed by atoms with Gasteiger partial charge in [0.2, 0.25) is 5.36 Å². The number of aromatic carboxylic acids is 1. The van der Waals surface area contributed by atoms with Crippen LogP contribution in [-0.2, 0) is 4.74 Å². The van der Waals surface area contributed by atoms with E-state index in [-0.39, 0.29) is 22.2 Å². The fraction of sp³-hybridized carbons (Fsp3) is 0.306. The average molecular weight is 578 g/mol. The maximum Gasteiger partial charge on any atom is 0.337 e. The molecular formula is C36H37N2O5+. The second-order valence-corrected chi connectivity index (χ2v) is 12.8. The van der Waals surface area contributed by atoms with Gasteiger partial charge in [-0.15, -0.1) is 0 Å². The molecule has 220 valence electrons. The molecule has 0 spiro atoms. The minimum absolute atomic E-state index is 0.0168. The van der Waals surface area contributed by atoms with Crippen LogP contribution in [0.15, 0.2) is 54.6 Å². The molecule has 0 saturated heterocycles. The van der Waals surface area contributed by atoms with Gasteiger partial charge >= 0.3 is 11.9 Å². The number of carboxylic acids is 1. The van der Waals surface area contributed by atoms with E-state index < -0.39 is 11.9 Å². The van der Waals surface area contributed by atoms with Crippen molar-refractivity contribution in [1.29, 1.82) is 0 Å². The molecule has 3 aliphatic heterocycles. The molecule has 3 aromatic carbocycles. The number of benzene rings is 3. The van der Waals surface area contributed by atoms with Crippen molar-refractivity contribution in [2.75, 3.05) is 26.1 Å². The van der Waals surface area contributed by atoms with E-state index in [0.29, 0.717) is 17.1 Å². The number of carbonyl (C=O) groups is 2. The standard InChI is InChI=1S/C36H36N2O5/c1-19-17-35(3,4)37(7)28-15-30-26(13-23(19)28)32(22-11-10-21(34(41)42-9)12-25(22)33(39)40)27-14-24-20(2)18-36(5,6)38(8)29(24)16-31(27)43-30/h10-18H,1-9H3/p+1. The second-order valence-electron chi connectivity index (χ2n) is 12.8. The molecule has 3 aliphatic rings. The van der Waals surface area contributed by atoms with Crippen LogP contribution >= 0.6 is 0 Å². The number of carbonyl (C=O) groups excluding carboxylic acids is 1. The summed E-state index contributed by atoms with van der Waals surface area (Å²) in [6.45, 7) is 12.9. The van der Waals surface area contributed by atoms with Crippen LogP contribution in [0, 0.1) is 0 Å². The smallest absolute Gasteiger partial charge is 0.337 e. The van der Waals surface area contributed by atoms with Crippen molar-refractivity contribution in [2.24, 2.45) is 0 Å². The minimum Gasteiger partial charge on any atom is -0.478 e. The zero-order valence-corrected chi connectivity index (χ0v) is 26.2. The first-order chi connectivity index (χ1) is 20.1. The lowest BCUT2D eigenvalue weighted by Crippen LogP contribution is -2.47. The first-order valence-corrected chi connectivity index (χ1v) is 14.4. The number of nitrogens with zero attached hydrogens (tertiary/aromatic N) is 2. The molecule has 43 heavy (non-hydrogen) atoms. The number of anilines is 1. The number of likely N-dealkylation sites (N-methyl/N-ethyl adjacent to an activating group) is 2. The Balaban J connectivity index is 1.76. The number of hydrogen-bond acceptors (Lipinski definition) is 5. The maximum absolute atomic E-state index is 12.7. The SMILES string of the molecule is COC(=O)c1ccc(C2=c3cc4c(cc3Oc3cc5c(cc32)C(C)=CC(C)(C)N5C)=[N+](C)C(C)(C)C=C4C)c(C(=O)O)c1. The third-order valence-corrected chi connectivity index (χ3v) is 9.34. The number of allylic oxidation sites excluding steroid dienone is 2. The van der Waals surface area contributed by atoms with E-state index >= 15 is 0 Å². The quantitative estimate of drug-likeness (QED) is 0.257. The molecule has 1 N–H and O–H groups in total. The largest absolute Gasteiger partial charge is 0.478 e. The molecule has 0 radical (unpaired) electrons. The summed E-state index contributed by atoms with van der Waals surface area (Å²) in [6.07, 6.45) is 4.49. The van der Waals surface area contributed by atoms with Gasteiger partial charge in [0.1, 0.15) is 18.5 Å². The van der Waals surface area contributed by atoms with Crippen molar-refractivity contribution in [3.63, 3.8) is 0 Å². The number of esters is 1. The number of ether oxygens (including phenoxy) is 2. The van der Waals surface area contributed by atoms with Crippen LogP contribution in [0.5, 0.6) is 11.5 Å². The zero-order chi connectivity index (χ0) is 31.2. The molecule has 7 nitrogen and oxygen atoms in total. The molecule has 0 amide bonds. The fourth-order valence-corrected chi connectivity index (χ4v) is 6.65. The van der Waals surface area contributed by atoms with Crippen LogP contribution in [-0.4, -0.2) is 49.3 Å². The van der Waals surface area contributed by atoms with Gasteiger partial charge in [-0.05, 0) is 74.7 Å². The molecule has 0 fully saturated rings. The van der Waals surface area contributed by atoms with Gasteiger partial charge in [0.15, 0.2) is 5.54 Å². The fourth-order valence-electron chi connectivity index (χ4n) is 6.65. The lowest BCUT2D eigenvalue weighted by Gasteiger charge is -2.41. The zero-order valence-electron chi connectivity index (χ0n) is 26.2. The van der Waals surface area contributed by atoms with Gasteiger partial charge in [-0.2, -0.15) is 0 Å². The van der Waals surface area contributed by atoms with Crippen molar-refractivity contribution in [2.45, 2.75) is 52.6 Å². The van der Waals surface area contributed by atoms with Crippen molar-refractivity contribution < 1.29 is 24.2 Å². The van der Waals surface area contributed by atoms with E-state index in [0.717, 1.165) is 49.7 Å². The number of carboxylic acid groups (broad SMARTS) is 1. The van der Waals surface area contributed by atoms with Gasteiger partial charge in [-0.3, -0.25) is 0 Å². The highest BCUT2D eigenvalue weighted by atomic mass is 16.5. The van der Waals surface area contributed by atoms with Crippen LogP contribution in [0.25, 0.3) is 16.7 Å². The second kappa shape index (κ2) is 9.43. The van der Waals surface area contributed by atoms with Gasteiger partial charge in [0.25, 0.3) is 0 Å². The summed E-state index contributed by atoms with van der Waals surface area (Å²) in [4.78, 5) is 27.3. The van der Waals surface area contributed by atoms with Crippen molar-refractivity contribution in [1.82, 2.24) is 4.58 Å². The van der Waals surface area contributed by atoms with Gasteiger partial charge in [0, 0.05) is 60.1 Å². The van der Waals surface area contributed by atoms with Crippen molar-refractivity contribution in [3.05, 3.63) is 98.6 Å². The van der Waals surface area contributed by atoms with Crippen LogP contribution in [0.1, 0.15) is 84.5 Å². The van der Waals surface area contributed by atoms with Gasteiger partial charge < -0.3 is 19.5 Å². The summed E-state index contributed by atoms with van der Waals surface area (Å²) in [5, 5.41) is 12.2. The van der Waals surface area contributed by atoms with Gasteiger partial charge in [-0.1, -0.05) is 12.1 Å². The molecule has 3 aromatic rings. The van der Waals surface area contributed by atoms with Crippen LogP contribution in [0.4, 0.5) is 5.69 Å². The summed E-state index contributed by atoms with van der Waals surface area (Å²) in [5.41, 5.74) is 7.29.